The van der Waals surface area contributed by atoms with Crippen LogP contribution >= 0.6 is 0 Å². The van der Waals surface area contributed by atoms with Crippen molar-refractivity contribution in [3.05, 3.63) is 85.1 Å². The van der Waals surface area contributed by atoms with Crippen molar-refractivity contribution in [1.29, 1.82) is 0 Å². The van der Waals surface area contributed by atoms with E-state index in [2.05, 4.69) is 10.3 Å². The lowest BCUT2D eigenvalue weighted by Gasteiger charge is -2.49. The van der Waals surface area contributed by atoms with Crippen LogP contribution in [0.25, 0.3) is 0 Å². The molecule has 90 heavy (non-hydrogen) atoms. The molecule has 0 aromatic rings. The molecule has 0 aromatic heterocycles. The van der Waals surface area contributed by atoms with Crippen molar-refractivity contribution in [1.82, 2.24) is 15.1 Å². The number of nitrogens with zero attached hydrogens (tertiary/aromatic N) is 3. The summed E-state index contributed by atoms with van der Waals surface area (Å²) in [6.07, 6.45) is 6.98. The topological polar surface area (TPSA) is 437 Å². The van der Waals surface area contributed by atoms with Gasteiger partial charge in [0, 0.05) is 83.2 Å². The molecule has 2 amide bonds. The number of carboxylic acids is 1. The maximum Gasteiger partial charge on any atom is 0.311 e. The molecule has 20 atom stereocenters. The summed E-state index contributed by atoms with van der Waals surface area (Å²) < 4.78 is 24.1. The zero-order chi connectivity index (χ0) is 66.5. The molecule has 510 valence electrons. The lowest BCUT2D eigenvalue weighted by atomic mass is 9.82. The van der Waals surface area contributed by atoms with Crippen LogP contribution in [0.3, 0.4) is 0 Å². The van der Waals surface area contributed by atoms with Gasteiger partial charge in [0.15, 0.2) is 18.0 Å². The van der Waals surface area contributed by atoms with Crippen molar-refractivity contribution in [3.63, 3.8) is 0 Å². The first-order valence-electron chi connectivity index (χ1n) is 31.7. The molecule has 0 aliphatic carbocycles. The number of rotatable bonds is 16. The van der Waals surface area contributed by atoms with Crippen LogP contribution in [0.15, 0.2) is 90.1 Å². The SMILES string of the molecule is C[C@@H]1[C@H](O)[C@@H](C)C=CC=CC=CC=CC=CC=CC=C[C@H](O[C@@H]2O[C@H](C)[C@@H](O)[C@H](N3CCN(C(=O)CCCCCNC(=O)C(N)CCCCN=C(N)N)CC3)[C@@H]2O)CC2O[C@](O)(C[C@@H](O)C[C@@H](O)[C@H](O)CC[C@@H](O)C[C@@H](O)CC(=O)O[C@H]1C)C[C@H](O)[C@H]2C(=O)O. The monoisotopic (exact) mass is 1280 g/mol. The van der Waals surface area contributed by atoms with E-state index in [1.54, 1.807) is 98.6 Å². The number of aliphatic hydroxyl groups excluding tert-OH is 9. The molecule has 0 saturated carbocycles. The fourth-order valence-electron chi connectivity index (χ4n) is 11.5. The van der Waals surface area contributed by atoms with Gasteiger partial charge in [-0.15, -0.1) is 0 Å². The van der Waals surface area contributed by atoms with E-state index in [9.17, 15) is 75.3 Å². The number of hydrogen-bond donors (Lipinski definition) is 15. The highest BCUT2D eigenvalue weighted by Gasteiger charge is 2.52. The molecule has 3 saturated heterocycles. The summed E-state index contributed by atoms with van der Waals surface area (Å²) in [5.74, 6) is -7.30. The van der Waals surface area contributed by atoms with E-state index in [1.807, 2.05) is 24.0 Å². The number of esters is 1. The van der Waals surface area contributed by atoms with Gasteiger partial charge in [0.2, 0.25) is 11.8 Å². The van der Waals surface area contributed by atoms with Crippen LogP contribution < -0.4 is 22.5 Å². The van der Waals surface area contributed by atoms with E-state index in [0.717, 1.165) is 0 Å². The number of hydrogen-bond acceptors (Lipinski definition) is 21. The van der Waals surface area contributed by atoms with E-state index < -0.39 is 153 Å². The molecule has 0 radical (unpaired) electrons. The fraction of sp³-hybridized carbons (Fsp3) is 0.703. The lowest BCUT2D eigenvalue weighted by Crippen LogP contribution is -2.66. The number of piperazine rings is 1. The standard InChI is InChI=1S/C64H105N7O19/c1-40-22-16-13-11-9-7-5-6-8-10-12-14-17-23-47(89-62-59(82)56(58(81)43(4)88-62)71-32-30-70(31-33-71)53(78)25-18-15-20-28-68-60(83)48(65)24-19-21-29-69-63(66)67)37-52-55(61(84)85)51(77)39-64(86,90-52)38-46(74)35-50(76)49(75)27-26-44(72)34-45(73)36-54(79)87-42(3)41(2)57(40)80/h5-14,16-17,22-23,40-52,55-59,62,72-77,80-82,86H,15,18-21,24-39,65H2,1-4H3,(H,68,83)(H,84,85)(H4,66,67,69)/t40-,41-,42-,43+,44+,45+,46-,47-,48?,49+,50+,51-,52?,55+,56-,57+,58+,59-,62-,64+/m0/s1. The summed E-state index contributed by atoms with van der Waals surface area (Å²) in [5.41, 5.74) is 16.7. The van der Waals surface area contributed by atoms with Crippen molar-refractivity contribution in [3.8, 4) is 0 Å². The highest BCUT2D eigenvalue weighted by Crippen LogP contribution is 2.39. The zero-order valence-electron chi connectivity index (χ0n) is 52.7. The largest absolute Gasteiger partial charge is 0.481 e. The number of allylic oxidation sites excluding steroid dienone is 12. The molecule has 0 aromatic carbocycles. The van der Waals surface area contributed by atoms with Gasteiger partial charge in [0.1, 0.15) is 18.1 Å². The van der Waals surface area contributed by atoms with Crippen LogP contribution in [0, 0.1) is 17.8 Å². The van der Waals surface area contributed by atoms with Gasteiger partial charge >= 0.3 is 11.9 Å². The summed E-state index contributed by atoms with van der Waals surface area (Å²) in [4.78, 5) is 58.9. The molecule has 4 aliphatic heterocycles. The third-order valence-corrected chi connectivity index (χ3v) is 16.9. The fourth-order valence-corrected chi connectivity index (χ4v) is 11.5. The summed E-state index contributed by atoms with van der Waals surface area (Å²) in [7, 11) is 0. The number of carboxylic acid groups (broad SMARTS) is 1. The first kappa shape index (κ1) is 77.2. The number of nitrogens with one attached hydrogen (secondary N) is 1. The molecule has 4 rings (SSSR count). The molecule has 26 nitrogen and oxygen atoms in total. The van der Waals surface area contributed by atoms with Crippen molar-refractivity contribution in [2.45, 2.75) is 228 Å². The van der Waals surface area contributed by atoms with Crippen LogP contribution in [-0.4, -0.2) is 238 Å². The molecule has 18 N–H and O–H groups in total. The number of ether oxygens (including phenoxy) is 4. The second-order valence-corrected chi connectivity index (χ2v) is 24.4. The van der Waals surface area contributed by atoms with Crippen LogP contribution in [0.2, 0.25) is 0 Å². The molecule has 0 spiro atoms. The Bertz CT molecular complexity index is 2420. The molecular weight excluding hydrogens is 1170 g/mol. The quantitative estimate of drug-likeness (QED) is 0.0429. The van der Waals surface area contributed by atoms with Crippen LogP contribution in [0.4, 0.5) is 0 Å². The van der Waals surface area contributed by atoms with Crippen molar-refractivity contribution >= 4 is 29.7 Å². The maximum atomic E-state index is 13.3. The zero-order valence-corrected chi connectivity index (χ0v) is 52.7. The number of carbonyl (C=O) groups is 4. The van der Waals surface area contributed by atoms with Crippen LogP contribution in [0.1, 0.15) is 124 Å². The van der Waals surface area contributed by atoms with Crippen molar-refractivity contribution in [2.75, 3.05) is 39.3 Å². The average molecular weight is 1280 g/mol. The number of carbonyl (C=O) groups excluding carboxylic acids is 3. The summed E-state index contributed by atoms with van der Waals surface area (Å²) in [6.45, 7) is 8.89. The Balaban J connectivity index is 1.48. The Morgan fingerprint density at radius 1 is 0.700 bits per heavy atom. The van der Waals surface area contributed by atoms with Crippen molar-refractivity contribution < 1.29 is 94.3 Å². The van der Waals surface area contributed by atoms with Crippen LogP contribution in [-0.2, 0) is 38.1 Å². The Hall–Kier alpha value is -5.27. The minimum atomic E-state index is -2.38. The molecule has 4 heterocycles. The first-order valence-corrected chi connectivity index (χ1v) is 31.7. The molecule has 26 heteroatoms. The van der Waals surface area contributed by atoms with E-state index in [1.165, 1.54) is 0 Å². The van der Waals surface area contributed by atoms with Crippen LogP contribution in [0.5, 0.6) is 0 Å². The van der Waals surface area contributed by atoms with E-state index in [4.69, 9.17) is 36.1 Å². The molecule has 3 fully saturated rings. The maximum absolute atomic E-state index is 13.3. The summed E-state index contributed by atoms with van der Waals surface area (Å²) in [6, 6.07) is -1.59. The third-order valence-electron chi connectivity index (χ3n) is 16.9. The second-order valence-electron chi connectivity index (χ2n) is 24.4. The summed E-state index contributed by atoms with van der Waals surface area (Å²) >= 11 is 0. The average Bonchev–Trinajstić information content (AvgIpc) is 0.854. The van der Waals surface area contributed by atoms with Gasteiger partial charge in [0.05, 0.1) is 85.6 Å². The number of aliphatic imine (C=N–C) groups is 1. The van der Waals surface area contributed by atoms with E-state index >= 15 is 0 Å². The highest BCUT2D eigenvalue weighted by atomic mass is 16.7. The number of unbranched alkanes of at least 4 members (excludes halogenated alkanes) is 3. The first-order chi connectivity index (χ1) is 42.7. The number of fused-ring (bicyclic) bond motifs is 2. The van der Waals surface area contributed by atoms with Gasteiger partial charge < -0.3 is 103 Å². The number of amides is 2. The normalized spacial score (nSPS) is 35.1. The summed E-state index contributed by atoms with van der Waals surface area (Å²) in [5, 5.41) is 125. The van der Waals surface area contributed by atoms with Gasteiger partial charge in [-0.25, -0.2) is 0 Å². The highest BCUT2D eigenvalue weighted by molar-refractivity contribution is 5.81. The van der Waals surface area contributed by atoms with Gasteiger partial charge in [-0.05, 0) is 65.2 Å². The number of guanidine groups is 1. The Morgan fingerprint density at radius 3 is 1.94 bits per heavy atom. The minimum absolute atomic E-state index is 0.0157. The molecule has 4 aliphatic rings. The second kappa shape index (κ2) is 40.0. The van der Waals surface area contributed by atoms with Gasteiger partial charge in [0.25, 0.3) is 0 Å². The lowest BCUT2D eigenvalue weighted by molar-refractivity contribution is -0.312. The van der Waals surface area contributed by atoms with Gasteiger partial charge in [-0.2, -0.15) is 0 Å². The Morgan fingerprint density at radius 2 is 1.32 bits per heavy atom. The number of cyclic esters (lactones) is 1. The molecule has 2 bridgehead atoms. The Labute approximate surface area is 529 Å². The molecule has 2 unspecified atom stereocenters. The smallest absolute Gasteiger partial charge is 0.311 e. The predicted octanol–water partition coefficient (Wildman–Crippen LogP) is 0.345. The minimum Gasteiger partial charge on any atom is -0.481 e. The predicted molar refractivity (Wildman–Crippen MR) is 335 cm³/mol. The number of aliphatic carboxylic acids is 1. The van der Waals surface area contributed by atoms with Gasteiger partial charge in [-0.3, -0.25) is 29.1 Å². The number of nitrogens with two attached hydrogens (primary N) is 3. The Kier molecular flexibility index (Phi) is 34.3. The van der Waals surface area contributed by atoms with Crippen molar-refractivity contribution in [2.24, 2.45) is 39.9 Å². The third kappa shape index (κ3) is 27.1. The van der Waals surface area contributed by atoms with E-state index in [0.29, 0.717) is 77.8 Å². The number of aliphatic hydroxyl groups is 10. The van der Waals surface area contributed by atoms with E-state index in [-0.39, 0.29) is 55.8 Å². The van der Waals surface area contributed by atoms with Gasteiger partial charge in [-0.1, -0.05) is 105 Å². The molecular formula is C64H105N7O19.